The summed E-state index contributed by atoms with van der Waals surface area (Å²) in [6.07, 6.45) is 1.28. The minimum atomic E-state index is -0.111. The molecule has 1 amide bonds. The highest BCUT2D eigenvalue weighted by atomic mass is 35.5. The molecular weight excluding hydrogens is 346 g/mol. The van der Waals surface area contributed by atoms with Gasteiger partial charge in [-0.2, -0.15) is 0 Å². The second-order valence-electron chi connectivity index (χ2n) is 5.47. The third kappa shape index (κ3) is 4.25. The molecule has 0 saturated carbocycles. The van der Waals surface area contributed by atoms with Gasteiger partial charge in [-0.05, 0) is 60.2 Å². The summed E-state index contributed by atoms with van der Waals surface area (Å²) in [4.78, 5) is 12.3. The van der Waals surface area contributed by atoms with E-state index in [1.807, 2.05) is 54.7 Å². The largest absolute Gasteiger partial charge is 0.322 e. The van der Waals surface area contributed by atoms with Crippen LogP contribution in [0, 0.1) is 6.92 Å². The van der Waals surface area contributed by atoms with Crippen LogP contribution < -0.4 is 5.32 Å². The maximum Gasteiger partial charge on any atom is 0.255 e. The molecule has 0 atom stereocenters. The Morgan fingerprint density at radius 1 is 1.13 bits per heavy atom. The van der Waals surface area contributed by atoms with Gasteiger partial charge in [0.05, 0.1) is 4.58 Å². The van der Waals surface area contributed by atoms with E-state index in [2.05, 4.69) is 17.4 Å². The molecule has 0 radical (unpaired) electrons. The smallest absolute Gasteiger partial charge is 0.255 e. The van der Waals surface area contributed by atoms with Crippen molar-refractivity contribution in [1.82, 2.24) is 0 Å². The summed E-state index contributed by atoms with van der Waals surface area (Å²) < 4.78 is 0.497. The van der Waals surface area contributed by atoms with Crippen molar-refractivity contribution in [3.8, 4) is 0 Å². The molecule has 120 valence electrons. The lowest BCUT2D eigenvalue weighted by Crippen LogP contribution is -2.12. The predicted molar refractivity (Wildman–Crippen MR) is 103 cm³/mol. The Morgan fingerprint density at radius 3 is 2.48 bits per heavy atom. The minimum Gasteiger partial charge on any atom is -0.322 e. The molecule has 0 bridgehead atoms. The SMILES string of the molecule is Cc1ccc(NC(=O)c2ccc(C3SCCCS3)cc2)cc1Cl. The highest BCUT2D eigenvalue weighted by molar-refractivity contribution is 8.16. The van der Waals surface area contributed by atoms with E-state index < -0.39 is 0 Å². The minimum absolute atomic E-state index is 0.111. The second-order valence-corrected chi connectivity index (χ2v) is 8.60. The van der Waals surface area contributed by atoms with Gasteiger partial charge in [-0.3, -0.25) is 4.79 Å². The van der Waals surface area contributed by atoms with Crippen molar-refractivity contribution >= 4 is 46.7 Å². The summed E-state index contributed by atoms with van der Waals surface area (Å²) >= 11 is 10.1. The van der Waals surface area contributed by atoms with E-state index in [-0.39, 0.29) is 5.91 Å². The fourth-order valence-corrected chi connectivity index (χ4v) is 5.42. The van der Waals surface area contributed by atoms with Crippen LogP contribution in [-0.4, -0.2) is 17.4 Å². The van der Waals surface area contributed by atoms with Crippen LogP contribution in [0.1, 0.15) is 32.5 Å². The Hall–Kier alpha value is -1.10. The lowest BCUT2D eigenvalue weighted by molar-refractivity contribution is 0.102. The van der Waals surface area contributed by atoms with Crippen molar-refractivity contribution < 1.29 is 4.79 Å². The molecule has 0 spiro atoms. The number of aryl methyl sites for hydroxylation is 1. The lowest BCUT2D eigenvalue weighted by Gasteiger charge is -2.21. The summed E-state index contributed by atoms with van der Waals surface area (Å²) in [6.45, 7) is 1.94. The lowest BCUT2D eigenvalue weighted by atomic mass is 10.1. The molecule has 1 heterocycles. The molecule has 1 aliphatic rings. The Balaban J connectivity index is 1.68. The number of benzene rings is 2. The Labute approximate surface area is 150 Å². The molecule has 23 heavy (non-hydrogen) atoms. The third-order valence-corrected chi connectivity index (χ3v) is 7.12. The highest BCUT2D eigenvalue weighted by Gasteiger charge is 2.17. The second kappa shape index (κ2) is 7.65. The molecule has 2 aromatic rings. The van der Waals surface area contributed by atoms with E-state index in [1.165, 1.54) is 23.5 Å². The third-order valence-electron chi connectivity index (χ3n) is 3.70. The van der Waals surface area contributed by atoms with Crippen LogP contribution in [-0.2, 0) is 0 Å². The van der Waals surface area contributed by atoms with E-state index in [4.69, 9.17) is 11.6 Å². The van der Waals surface area contributed by atoms with Crippen molar-refractivity contribution in [1.29, 1.82) is 0 Å². The summed E-state index contributed by atoms with van der Waals surface area (Å²) in [6, 6.07) is 13.5. The van der Waals surface area contributed by atoms with Crippen LogP contribution in [0.3, 0.4) is 0 Å². The molecule has 2 nitrogen and oxygen atoms in total. The van der Waals surface area contributed by atoms with Crippen LogP contribution in [0.5, 0.6) is 0 Å². The fourth-order valence-electron chi connectivity index (χ4n) is 2.35. The van der Waals surface area contributed by atoms with Gasteiger partial charge in [-0.15, -0.1) is 23.5 Å². The highest BCUT2D eigenvalue weighted by Crippen LogP contribution is 2.43. The van der Waals surface area contributed by atoms with Gasteiger partial charge < -0.3 is 5.32 Å². The van der Waals surface area contributed by atoms with E-state index in [0.29, 0.717) is 20.9 Å². The summed E-state index contributed by atoms with van der Waals surface area (Å²) in [7, 11) is 0. The molecular formula is C18H18ClNOS2. The summed E-state index contributed by atoms with van der Waals surface area (Å²) in [5.41, 5.74) is 3.66. The summed E-state index contributed by atoms with van der Waals surface area (Å²) in [5.74, 6) is 2.32. The molecule has 1 N–H and O–H groups in total. The number of thioether (sulfide) groups is 2. The quantitative estimate of drug-likeness (QED) is 0.750. The van der Waals surface area contributed by atoms with Crippen molar-refractivity contribution in [2.24, 2.45) is 0 Å². The number of hydrogen-bond donors (Lipinski definition) is 1. The van der Waals surface area contributed by atoms with E-state index in [1.54, 1.807) is 6.07 Å². The normalized spacial score (nSPS) is 15.4. The molecule has 3 rings (SSSR count). The van der Waals surface area contributed by atoms with Gasteiger partial charge in [0.15, 0.2) is 0 Å². The predicted octanol–water partition coefficient (Wildman–Crippen LogP) is 5.77. The number of amides is 1. The summed E-state index contributed by atoms with van der Waals surface area (Å²) in [5, 5.41) is 3.55. The van der Waals surface area contributed by atoms with E-state index >= 15 is 0 Å². The number of nitrogens with one attached hydrogen (secondary N) is 1. The number of hydrogen-bond acceptors (Lipinski definition) is 3. The molecule has 0 unspecified atom stereocenters. The maximum atomic E-state index is 12.3. The van der Waals surface area contributed by atoms with Crippen LogP contribution in [0.4, 0.5) is 5.69 Å². The van der Waals surface area contributed by atoms with Crippen LogP contribution >= 0.6 is 35.1 Å². The first-order chi connectivity index (χ1) is 11.1. The maximum absolute atomic E-state index is 12.3. The van der Waals surface area contributed by atoms with Crippen LogP contribution in [0.2, 0.25) is 5.02 Å². The van der Waals surface area contributed by atoms with E-state index in [9.17, 15) is 4.79 Å². The number of rotatable bonds is 3. The van der Waals surface area contributed by atoms with Gasteiger partial charge >= 0.3 is 0 Å². The molecule has 0 aromatic heterocycles. The van der Waals surface area contributed by atoms with Gasteiger partial charge in [0, 0.05) is 16.3 Å². The number of halogens is 1. The first kappa shape index (κ1) is 16.7. The van der Waals surface area contributed by atoms with Crippen molar-refractivity contribution in [3.05, 3.63) is 64.2 Å². The van der Waals surface area contributed by atoms with Gasteiger partial charge in [-0.25, -0.2) is 0 Å². The zero-order valence-electron chi connectivity index (χ0n) is 12.8. The van der Waals surface area contributed by atoms with Gasteiger partial charge in [0.2, 0.25) is 0 Å². The van der Waals surface area contributed by atoms with Gasteiger partial charge in [-0.1, -0.05) is 29.8 Å². The standard InChI is InChI=1S/C18H18ClNOS2/c1-12-3-8-15(11-16(12)19)20-17(21)13-4-6-14(7-5-13)18-22-9-2-10-23-18/h3-8,11,18H,2,9-10H2,1H3,(H,20,21). The Morgan fingerprint density at radius 2 is 1.83 bits per heavy atom. The van der Waals surface area contributed by atoms with Gasteiger partial charge in [0.1, 0.15) is 0 Å². The average Bonchev–Trinajstić information content (AvgIpc) is 2.59. The van der Waals surface area contributed by atoms with E-state index in [0.717, 1.165) is 5.56 Å². The first-order valence-corrected chi connectivity index (χ1v) is 10.0. The molecule has 1 aliphatic heterocycles. The molecule has 2 aromatic carbocycles. The molecule has 1 fully saturated rings. The molecule has 1 saturated heterocycles. The first-order valence-electron chi connectivity index (χ1n) is 7.54. The van der Waals surface area contributed by atoms with Crippen molar-refractivity contribution in [3.63, 3.8) is 0 Å². The van der Waals surface area contributed by atoms with Crippen molar-refractivity contribution in [2.45, 2.75) is 17.9 Å². The number of carbonyl (C=O) groups is 1. The zero-order chi connectivity index (χ0) is 16.2. The Kier molecular flexibility index (Phi) is 5.57. The van der Waals surface area contributed by atoms with Crippen LogP contribution in [0.25, 0.3) is 0 Å². The average molecular weight is 364 g/mol. The monoisotopic (exact) mass is 363 g/mol. The molecule has 5 heteroatoms. The van der Waals surface area contributed by atoms with Gasteiger partial charge in [0.25, 0.3) is 5.91 Å². The molecule has 0 aliphatic carbocycles. The number of anilines is 1. The Bertz CT molecular complexity index is 697. The number of carbonyl (C=O) groups excluding carboxylic acids is 1. The van der Waals surface area contributed by atoms with Crippen LogP contribution in [0.15, 0.2) is 42.5 Å². The zero-order valence-corrected chi connectivity index (χ0v) is 15.2. The van der Waals surface area contributed by atoms with Crippen molar-refractivity contribution in [2.75, 3.05) is 16.8 Å². The fraction of sp³-hybridized carbons (Fsp3) is 0.278. The topological polar surface area (TPSA) is 29.1 Å².